The Balaban J connectivity index is 2.41. The number of aromatic nitrogens is 2. The molecule has 90 valence electrons. The van der Waals surface area contributed by atoms with Crippen LogP contribution in [0, 0.1) is 11.3 Å². The highest BCUT2D eigenvalue weighted by molar-refractivity contribution is 7.92. The summed E-state index contributed by atoms with van der Waals surface area (Å²) in [5, 5.41) is 16.1. The van der Waals surface area contributed by atoms with Gasteiger partial charge in [-0.2, -0.15) is 10.4 Å². The Morgan fingerprint density at radius 2 is 1.94 bits per heavy atom. The lowest BCUT2D eigenvalue weighted by molar-refractivity contribution is 0.600. The van der Waals surface area contributed by atoms with E-state index in [1.807, 2.05) is 6.07 Å². The lowest BCUT2D eigenvalue weighted by Crippen LogP contribution is -2.15. The summed E-state index contributed by atoms with van der Waals surface area (Å²) in [6.45, 7) is 0. The van der Waals surface area contributed by atoms with E-state index in [9.17, 15) is 8.42 Å². The second-order valence-electron chi connectivity index (χ2n) is 3.32. The molecular weight excluding hydrogens is 252 g/mol. The van der Waals surface area contributed by atoms with E-state index in [-0.39, 0.29) is 16.3 Å². The van der Waals surface area contributed by atoms with Gasteiger partial charge in [-0.25, -0.2) is 8.42 Å². The van der Waals surface area contributed by atoms with Gasteiger partial charge >= 0.3 is 0 Å². The van der Waals surface area contributed by atoms with E-state index in [2.05, 4.69) is 14.9 Å². The molecule has 0 aliphatic heterocycles. The monoisotopic (exact) mass is 260 g/mol. The fraction of sp³-hybridized carbons (Fsp3) is 0. The lowest BCUT2D eigenvalue weighted by atomic mass is 10.2. The average Bonchev–Trinajstić information content (AvgIpc) is 2.39. The second-order valence-corrected chi connectivity index (χ2v) is 4.97. The number of hydrogen-bond donors (Lipinski definition) is 1. The normalized spacial score (nSPS) is 10.6. The first-order valence-electron chi connectivity index (χ1n) is 4.93. The number of nitrogens with zero attached hydrogens (tertiary/aromatic N) is 3. The summed E-state index contributed by atoms with van der Waals surface area (Å²) in [4.78, 5) is -0.0850. The molecule has 0 aliphatic rings. The van der Waals surface area contributed by atoms with Crippen molar-refractivity contribution >= 4 is 15.8 Å². The van der Waals surface area contributed by atoms with Crippen molar-refractivity contribution < 1.29 is 8.42 Å². The summed E-state index contributed by atoms with van der Waals surface area (Å²) in [6.07, 6.45) is 1.43. The molecule has 1 aromatic carbocycles. The van der Waals surface area contributed by atoms with E-state index in [0.717, 1.165) is 0 Å². The van der Waals surface area contributed by atoms with Gasteiger partial charge in [0.15, 0.2) is 5.82 Å². The number of nitrogens with one attached hydrogen (secondary N) is 1. The predicted octanol–water partition coefficient (Wildman–Crippen LogP) is 1.15. The molecule has 0 fully saturated rings. The molecule has 6 nitrogen and oxygen atoms in total. The second kappa shape index (κ2) is 4.81. The van der Waals surface area contributed by atoms with Crippen molar-refractivity contribution in [3.63, 3.8) is 0 Å². The molecule has 2 aromatic rings. The van der Waals surface area contributed by atoms with Crippen LogP contribution in [0.3, 0.4) is 0 Å². The minimum atomic E-state index is -3.83. The highest BCUT2D eigenvalue weighted by Crippen LogP contribution is 2.17. The van der Waals surface area contributed by atoms with Gasteiger partial charge in [-0.1, -0.05) is 12.1 Å². The smallest absolute Gasteiger partial charge is 0.262 e. The highest BCUT2D eigenvalue weighted by Gasteiger charge is 2.18. The van der Waals surface area contributed by atoms with Crippen molar-refractivity contribution in [3.8, 4) is 6.07 Å². The first-order chi connectivity index (χ1) is 8.63. The van der Waals surface area contributed by atoms with Gasteiger partial charge in [0, 0.05) is 6.20 Å². The van der Waals surface area contributed by atoms with Crippen LogP contribution in [0.5, 0.6) is 0 Å². The zero-order valence-electron chi connectivity index (χ0n) is 9.11. The van der Waals surface area contributed by atoms with Gasteiger partial charge in [0.05, 0.1) is 5.56 Å². The molecule has 1 heterocycles. The minimum Gasteiger partial charge on any atom is -0.262 e. The third kappa shape index (κ3) is 2.44. The maximum absolute atomic E-state index is 12.1. The van der Waals surface area contributed by atoms with E-state index in [0.29, 0.717) is 0 Å². The average molecular weight is 260 g/mol. The molecule has 1 N–H and O–H groups in total. The lowest BCUT2D eigenvalue weighted by Gasteiger charge is -2.07. The molecule has 18 heavy (non-hydrogen) atoms. The Morgan fingerprint density at radius 1 is 1.17 bits per heavy atom. The third-order valence-electron chi connectivity index (χ3n) is 2.11. The summed E-state index contributed by atoms with van der Waals surface area (Å²) in [5.41, 5.74) is 0.0777. The summed E-state index contributed by atoms with van der Waals surface area (Å²) >= 11 is 0. The molecule has 0 amide bonds. The van der Waals surface area contributed by atoms with Crippen LogP contribution in [-0.2, 0) is 10.0 Å². The zero-order chi connectivity index (χ0) is 13.0. The van der Waals surface area contributed by atoms with Crippen LogP contribution in [0.15, 0.2) is 47.5 Å². The number of sulfonamides is 1. The largest absolute Gasteiger partial charge is 0.264 e. The third-order valence-corrected chi connectivity index (χ3v) is 3.52. The summed E-state index contributed by atoms with van der Waals surface area (Å²) < 4.78 is 26.4. The van der Waals surface area contributed by atoms with Gasteiger partial charge in [-0.15, -0.1) is 5.10 Å². The molecule has 7 heteroatoms. The van der Waals surface area contributed by atoms with E-state index in [4.69, 9.17) is 5.26 Å². The Labute approximate surface area is 104 Å². The standard InChI is InChI=1S/C11H8N4O2S/c12-8-9-4-1-2-5-10(9)18(16,17)15-11-6-3-7-13-14-11/h1-7H,(H,14,15). The molecule has 0 bridgehead atoms. The maximum Gasteiger partial charge on any atom is 0.264 e. The topological polar surface area (TPSA) is 95.7 Å². The van der Waals surface area contributed by atoms with Gasteiger partial charge in [0.1, 0.15) is 11.0 Å². The van der Waals surface area contributed by atoms with Gasteiger partial charge in [-0.05, 0) is 24.3 Å². The summed E-state index contributed by atoms with van der Waals surface area (Å²) in [6, 6.07) is 10.8. The minimum absolute atomic E-state index is 0.0777. The number of rotatable bonds is 3. The molecule has 2 rings (SSSR count). The summed E-state index contributed by atoms with van der Waals surface area (Å²) in [7, 11) is -3.83. The molecule has 0 atom stereocenters. The number of anilines is 1. The summed E-state index contributed by atoms with van der Waals surface area (Å²) in [5.74, 6) is 0.102. The van der Waals surface area contributed by atoms with Crippen LogP contribution in [0.2, 0.25) is 0 Å². The van der Waals surface area contributed by atoms with Gasteiger partial charge in [0.25, 0.3) is 10.0 Å². The van der Waals surface area contributed by atoms with Crippen LogP contribution in [-0.4, -0.2) is 18.6 Å². The molecule has 0 saturated heterocycles. The van der Waals surface area contributed by atoms with Crippen LogP contribution >= 0.6 is 0 Å². The van der Waals surface area contributed by atoms with E-state index in [1.54, 1.807) is 18.2 Å². The first-order valence-corrected chi connectivity index (χ1v) is 6.41. The van der Waals surface area contributed by atoms with E-state index >= 15 is 0 Å². The van der Waals surface area contributed by atoms with E-state index in [1.165, 1.54) is 24.4 Å². The molecule has 0 unspecified atom stereocenters. The van der Waals surface area contributed by atoms with E-state index < -0.39 is 10.0 Å². The SMILES string of the molecule is N#Cc1ccccc1S(=O)(=O)Nc1cccnn1. The molecular formula is C11H8N4O2S. The fourth-order valence-electron chi connectivity index (χ4n) is 1.34. The quantitative estimate of drug-likeness (QED) is 0.893. The molecule has 1 aromatic heterocycles. The maximum atomic E-state index is 12.1. The van der Waals surface area contributed by atoms with Gasteiger partial charge in [-0.3, -0.25) is 4.72 Å². The Morgan fingerprint density at radius 3 is 2.61 bits per heavy atom. The van der Waals surface area contributed by atoms with Crippen LogP contribution in [0.4, 0.5) is 5.82 Å². The predicted molar refractivity (Wildman–Crippen MR) is 64.0 cm³/mol. The van der Waals surface area contributed by atoms with Crippen LogP contribution in [0.1, 0.15) is 5.56 Å². The molecule has 0 saturated carbocycles. The molecule has 0 radical (unpaired) electrons. The van der Waals surface area contributed by atoms with Crippen molar-refractivity contribution in [2.75, 3.05) is 4.72 Å². The van der Waals surface area contributed by atoms with Crippen molar-refractivity contribution in [1.29, 1.82) is 5.26 Å². The fourth-order valence-corrected chi connectivity index (χ4v) is 2.50. The number of benzene rings is 1. The van der Waals surface area contributed by atoms with Crippen molar-refractivity contribution in [3.05, 3.63) is 48.2 Å². The molecule has 0 aliphatic carbocycles. The van der Waals surface area contributed by atoms with Crippen LogP contribution < -0.4 is 4.72 Å². The van der Waals surface area contributed by atoms with Gasteiger partial charge in [0.2, 0.25) is 0 Å². The number of nitriles is 1. The molecule has 0 spiro atoms. The highest BCUT2D eigenvalue weighted by atomic mass is 32.2. The zero-order valence-corrected chi connectivity index (χ0v) is 9.92. The number of hydrogen-bond acceptors (Lipinski definition) is 5. The Kier molecular flexibility index (Phi) is 3.21. The van der Waals surface area contributed by atoms with Crippen LogP contribution in [0.25, 0.3) is 0 Å². The van der Waals surface area contributed by atoms with Crippen molar-refractivity contribution in [1.82, 2.24) is 10.2 Å². The Bertz CT molecular complexity index is 692. The first kappa shape index (κ1) is 12.0. The van der Waals surface area contributed by atoms with Gasteiger partial charge < -0.3 is 0 Å². The Hall–Kier alpha value is -2.46. The van der Waals surface area contributed by atoms with Crippen molar-refractivity contribution in [2.24, 2.45) is 0 Å². The van der Waals surface area contributed by atoms with Crippen molar-refractivity contribution in [2.45, 2.75) is 4.90 Å².